The van der Waals surface area contributed by atoms with Crippen LogP contribution in [-0.4, -0.2) is 15.7 Å². The highest BCUT2D eigenvalue weighted by molar-refractivity contribution is 5.94. The molecule has 1 aliphatic heterocycles. The van der Waals surface area contributed by atoms with Gasteiger partial charge in [0.15, 0.2) is 5.82 Å². The first-order valence-corrected chi connectivity index (χ1v) is 7.01. The zero-order chi connectivity index (χ0) is 15.0. The van der Waals surface area contributed by atoms with Crippen molar-refractivity contribution in [1.29, 1.82) is 5.26 Å². The molecule has 0 aliphatic carbocycles. The lowest BCUT2D eigenvalue weighted by atomic mass is 9.83. The zero-order valence-electron chi connectivity index (χ0n) is 12.1. The summed E-state index contributed by atoms with van der Waals surface area (Å²) in [6, 6.07) is 9.68. The van der Waals surface area contributed by atoms with Crippen molar-refractivity contribution >= 4 is 11.7 Å². The maximum Gasteiger partial charge on any atom is 0.226 e. The number of fused-ring (bicyclic) bond motifs is 1. The van der Waals surface area contributed by atoms with Gasteiger partial charge >= 0.3 is 0 Å². The lowest BCUT2D eigenvalue weighted by Gasteiger charge is -2.23. The van der Waals surface area contributed by atoms with Crippen molar-refractivity contribution in [3.05, 3.63) is 46.6 Å². The maximum atomic E-state index is 12.0. The van der Waals surface area contributed by atoms with Gasteiger partial charge in [-0.1, -0.05) is 18.2 Å². The fraction of sp³-hybridized carbons (Fsp3) is 0.312. The summed E-state index contributed by atoms with van der Waals surface area (Å²) in [5, 5.41) is 16.6. The Balaban J connectivity index is 2.20. The first-order valence-electron chi connectivity index (χ1n) is 7.01. The van der Waals surface area contributed by atoms with Gasteiger partial charge in [0.25, 0.3) is 0 Å². The number of hydrogen-bond acceptors (Lipinski definition) is 3. The van der Waals surface area contributed by atoms with E-state index in [2.05, 4.69) is 16.5 Å². The Morgan fingerprint density at radius 3 is 2.95 bits per heavy atom. The highest BCUT2D eigenvalue weighted by Crippen LogP contribution is 2.39. The number of nitrogens with one attached hydrogen (secondary N) is 1. The molecule has 5 heteroatoms. The Labute approximate surface area is 123 Å². The summed E-state index contributed by atoms with van der Waals surface area (Å²) < 4.78 is 1.89. The summed E-state index contributed by atoms with van der Waals surface area (Å²) in [4.78, 5) is 12.0. The molecule has 1 aromatic carbocycles. The molecule has 1 atom stereocenters. The summed E-state index contributed by atoms with van der Waals surface area (Å²) >= 11 is 0. The molecule has 2 heterocycles. The molecule has 0 radical (unpaired) electrons. The van der Waals surface area contributed by atoms with Crippen LogP contribution in [0.15, 0.2) is 24.3 Å². The average Bonchev–Trinajstić information content (AvgIpc) is 2.82. The van der Waals surface area contributed by atoms with Gasteiger partial charge in [0.2, 0.25) is 5.91 Å². The number of carbonyl (C=O) groups is 1. The summed E-state index contributed by atoms with van der Waals surface area (Å²) in [6.45, 7) is 4.78. The van der Waals surface area contributed by atoms with Crippen molar-refractivity contribution in [1.82, 2.24) is 9.78 Å². The van der Waals surface area contributed by atoms with Gasteiger partial charge in [0.05, 0.1) is 11.6 Å². The summed E-state index contributed by atoms with van der Waals surface area (Å²) in [5.41, 5.74) is 3.59. The van der Waals surface area contributed by atoms with Crippen LogP contribution in [0.3, 0.4) is 0 Å². The van der Waals surface area contributed by atoms with Gasteiger partial charge in [-0.2, -0.15) is 10.4 Å². The van der Waals surface area contributed by atoms with E-state index in [9.17, 15) is 10.1 Å². The number of nitrogens with zero attached hydrogens (tertiary/aromatic N) is 3. The van der Waals surface area contributed by atoms with E-state index in [-0.39, 0.29) is 11.8 Å². The van der Waals surface area contributed by atoms with E-state index in [1.807, 2.05) is 36.7 Å². The second-order valence-electron chi connectivity index (χ2n) is 5.17. The standard InChI is InChI=1S/C16H16N4O/c1-3-20-10(2)15-13(8-14(21)18-16(15)19-20)12-7-5-4-6-11(12)9-17/h4-7,13H,3,8H2,1-2H3,(H,18,19,21). The van der Waals surface area contributed by atoms with Crippen LogP contribution >= 0.6 is 0 Å². The third kappa shape index (κ3) is 2.09. The second kappa shape index (κ2) is 5.06. The number of amides is 1. The molecule has 0 saturated carbocycles. The van der Waals surface area contributed by atoms with Gasteiger partial charge in [0.1, 0.15) is 0 Å². The molecular formula is C16H16N4O. The van der Waals surface area contributed by atoms with Gasteiger partial charge in [-0.3, -0.25) is 9.48 Å². The Morgan fingerprint density at radius 1 is 1.48 bits per heavy atom. The Hall–Kier alpha value is -2.61. The molecule has 3 rings (SSSR count). The first-order chi connectivity index (χ1) is 10.2. The van der Waals surface area contributed by atoms with Crippen LogP contribution in [-0.2, 0) is 11.3 Å². The largest absolute Gasteiger partial charge is 0.309 e. The molecule has 21 heavy (non-hydrogen) atoms. The number of aromatic nitrogens is 2. The van der Waals surface area contributed by atoms with Crippen LogP contribution in [0.2, 0.25) is 0 Å². The van der Waals surface area contributed by atoms with Crippen LogP contribution in [0.5, 0.6) is 0 Å². The maximum absolute atomic E-state index is 12.0. The second-order valence-corrected chi connectivity index (χ2v) is 5.17. The summed E-state index contributed by atoms with van der Waals surface area (Å²) in [5.74, 6) is 0.467. The minimum Gasteiger partial charge on any atom is -0.309 e. The van der Waals surface area contributed by atoms with Crippen molar-refractivity contribution in [3.8, 4) is 6.07 Å². The summed E-state index contributed by atoms with van der Waals surface area (Å²) in [6.07, 6.45) is 0.349. The van der Waals surface area contributed by atoms with Gasteiger partial charge in [0, 0.05) is 30.1 Å². The molecule has 1 aliphatic rings. The topological polar surface area (TPSA) is 70.7 Å². The molecule has 1 N–H and O–H groups in total. The van der Waals surface area contributed by atoms with E-state index in [1.54, 1.807) is 6.07 Å². The van der Waals surface area contributed by atoms with Crippen LogP contribution < -0.4 is 5.32 Å². The highest BCUT2D eigenvalue weighted by atomic mass is 16.1. The molecule has 0 saturated heterocycles. The van der Waals surface area contributed by atoms with Gasteiger partial charge in [-0.15, -0.1) is 0 Å². The normalized spacial score (nSPS) is 17.0. The lowest BCUT2D eigenvalue weighted by Crippen LogP contribution is -2.23. The van der Waals surface area contributed by atoms with E-state index in [1.165, 1.54) is 0 Å². The van der Waals surface area contributed by atoms with E-state index >= 15 is 0 Å². The minimum absolute atomic E-state index is 0.0546. The van der Waals surface area contributed by atoms with E-state index in [0.29, 0.717) is 17.8 Å². The molecule has 1 amide bonds. The quantitative estimate of drug-likeness (QED) is 0.919. The number of hydrogen-bond donors (Lipinski definition) is 1. The smallest absolute Gasteiger partial charge is 0.226 e. The Morgan fingerprint density at radius 2 is 2.24 bits per heavy atom. The number of aryl methyl sites for hydroxylation is 1. The molecule has 2 aromatic rings. The average molecular weight is 280 g/mol. The van der Waals surface area contributed by atoms with Crippen molar-refractivity contribution in [2.24, 2.45) is 0 Å². The van der Waals surface area contributed by atoms with Gasteiger partial charge in [-0.05, 0) is 25.5 Å². The minimum atomic E-state index is -0.107. The number of rotatable bonds is 2. The number of benzene rings is 1. The highest BCUT2D eigenvalue weighted by Gasteiger charge is 2.32. The summed E-state index contributed by atoms with van der Waals surface area (Å²) in [7, 11) is 0. The zero-order valence-corrected chi connectivity index (χ0v) is 12.1. The fourth-order valence-electron chi connectivity index (χ4n) is 3.02. The number of carbonyl (C=O) groups excluding carboxylic acids is 1. The van der Waals surface area contributed by atoms with Crippen LogP contribution in [0.1, 0.15) is 41.6 Å². The molecule has 0 fully saturated rings. The SMILES string of the molecule is CCn1nc2c(c1C)C(c1ccccc1C#N)CC(=O)N2. The molecule has 0 spiro atoms. The third-order valence-electron chi connectivity index (χ3n) is 4.00. The van der Waals surface area contributed by atoms with E-state index in [4.69, 9.17) is 0 Å². The monoisotopic (exact) mass is 280 g/mol. The predicted molar refractivity (Wildman–Crippen MR) is 78.9 cm³/mol. The van der Waals surface area contributed by atoms with Crippen molar-refractivity contribution in [3.63, 3.8) is 0 Å². The van der Waals surface area contributed by atoms with Crippen LogP contribution in [0, 0.1) is 18.3 Å². The van der Waals surface area contributed by atoms with Gasteiger partial charge in [-0.25, -0.2) is 0 Å². The molecular weight excluding hydrogens is 264 g/mol. The lowest BCUT2D eigenvalue weighted by molar-refractivity contribution is -0.116. The van der Waals surface area contributed by atoms with E-state index < -0.39 is 0 Å². The van der Waals surface area contributed by atoms with Crippen LogP contribution in [0.4, 0.5) is 5.82 Å². The molecule has 1 aromatic heterocycles. The molecule has 0 bridgehead atoms. The number of nitriles is 1. The van der Waals surface area contributed by atoms with Crippen LogP contribution in [0.25, 0.3) is 0 Å². The van der Waals surface area contributed by atoms with Gasteiger partial charge < -0.3 is 5.32 Å². The van der Waals surface area contributed by atoms with Crippen molar-refractivity contribution < 1.29 is 4.79 Å². The predicted octanol–water partition coefficient (Wildman–Crippen LogP) is 2.56. The fourth-order valence-corrected chi connectivity index (χ4v) is 3.02. The Kier molecular flexibility index (Phi) is 3.22. The van der Waals surface area contributed by atoms with Crippen molar-refractivity contribution in [2.75, 3.05) is 5.32 Å². The first kappa shape index (κ1) is 13.4. The molecule has 5 nitrogen and oxygen atoms in total. The third-order valence-corrected chi connectivity index (χ3v) is 4.00. The molecule has 1 unspecified atom stereocenters. The Bertz CT molecular complexity index is 754. The number of anilines is 1. The molecule has 106 valence electrons. The van der Waals surface area contributed by atoms with Crippen molar-refractivity contribution in [2.45, 2.75) is 32.7 Å². The van der Waals surface area contributed by atoms with E-state index in [0.717, 1.165) is 23.4 Å².